The number of nitrogens with zero attached hydrogens (tertiary/aromatic N) is 2. The highest BCUT2D eigenvalue weighted by molar-refractivity contribution is 5.54. The molecule has 4 nitrogen and oxygen atoms in total. The molecule has 0 saturated carbocycles. The van der Waals surface area contributed by atoms with Gasteiger partial charge in [0.2, 0.25) is 0 Å². The number of aryl methyl sites for hydroxylation is 1. The van der Waals surface area contributed by atoms with Gasteiger partial charge in [0.25, 0.3) is 0 Å². The van der Waals surface area contributed by atoms with Crippen LogP contribution in [0.4, 0.5) is 11.6 Å². The number of nitrogen functional groups attached to an aromatic ring is 1. The molecule has 0 aromatic carbocycles. The Morgan fingerprint density at radius 1 is 1.31 bits per heavy atom. The summed E-state index contributed by atoms with van der Waals surface area (Å²) in [5.41, 5.74) is 6.79. The summed E-state index contributed by atoms with van der Waals surface area (Å²) in [6.45, 7) is 9.31. The summed E-state index contributed by atoms with van der Waals surface area (Å²) < 4.78 is 0. The smallest absolute Gasteiger partial charge is 0.134 e. The number of hydrogen-bond donors (Lipinski definition) is 2. The zero-order valence-corrected chi connectivity index (χ0v) is 10.7. The highest BCUT2D eigenvalue weighted by atomic mass is 15.1. The molecule has 1 aromatic rings. The molecule has 1 aromatic heterocycles. The first-order valence-electron chi connectivity index (χ1n) is 5.95. The van der Waals surface area contributed by atoms with Crippen molar-refractivity contribution in [1.82, 2.24) is 9.97 Å². The largest absolute Gasteiger partial charge is 0.383 e. The van der Waals surface area contributed by atoms with E-state index in [-0.39, 0.29) is 0 Å². The number of anilines is 2. The number of aromatic nitrogens is 2. The average Bonchev–Trinajstić information content (AvgIpc) is 2.30. The van der Waals surface area contributed by atoms with E-state index in [0.717, 1.165) is 36.6 Å². The van der Waals surface area contributed by atoms with Gasteiger partial charge in [0.15, 0.2) is 0 Å². The second-order valence-electron chi connectivity index (χ2n) is 4.25. The molecule has 3 N–H and O–H groups in total. The van der Waals surface area contributed by atoms with Gasteiger partial charge in [0, 0.05) is 18.5 Å². The fraction of sp³-hybridized carbons (Fsp3) is 0.667. The number of rotatable bonds is 5. The Balaban J connectivity index is 2.82. The summed E-state index contributed by atoms with van der Waals surface area (Å²) in [7, 11) is 0. The summed E-state index contributed by atoms with van der Waals surface area (Å²) in [5, 5.41) is 3.35. The van der Waals surface area contributed by atoms with E-state index in [2.05, 4.69) is 29.1 Å². The minimum atomic E-state index is 0.582. The fourth-order valence-corrected chi connectivity index (χ4v) is 1.33. The van der Waals surface area contributed by atoms with Crippen molar-refractivity contribution in [2.24, 2.45) is 5.92 Å². The standard InChI is InChI=1S/C12H22N4/c1-5-8(3)7-14-12-9(4)11(13)15-10(6-2)16-12/h8H,5-7H2,1-4H3,(H3,13,14,15,16). The fourth-order valence-electron chi connectivity index (χ4n) is 1.33. The molecule has 0 bridgehead atoms. The highest BCUT2D eigenvalue weighted by Crippen LogP contribution is 2.18. The van der Waals surface area contributed by atoms with Gasteiger partial charge in [-0.2, -0.15) is 0 Å². The minimum absolute atomic E-state index is 0.582. The van der Waals surface area contributed by atoms with Crippen LogP contribution in [0.5, 0.6) is 0 Å². The van der Waals surface area contributed by atoms with Crippen molar-refractivity contribution in [2.45, 2.75) is 40.5 Å². The predicted octanol–water partition coefficient (Wildman–Crippen LogP) is 2.39. The first-order valence-corrected chi connectivity index (χ1v) is 5.95. The van der Waals surface area contributed by atoms with Crippen molar-refractivity contribution in [3.8, 4) is 0 Å². The molecule has 1 atom stereocenters. The van der Waals surface area contributed by atoms with E-state index in [0.29, 0.717) is 11.7 Å². The van der Waals surface area contributed by atoms with Crippen LogP contribution in [0, 0.1) is 12.8 Å². The van der Waals surface area contributed by atoms with Gasteiger partial charge in [0.05, 0.1) is 0 Å². The molecule has 0 amide bonds. The lowest BCUT2D eigenvalue weighted by atomic mass is 10.1. The Hall–Kier alpha value is -1.32. The molecule has 1 unspecified atom stereocenters. The molecule has 90 valence electrons. The van der Waals surface area contributed by atoms with Crippen molar-refractivity contribution in [3.05, 3.63) is 11.4 Å². The van der Waals surface area contributed by atoms with Crippen molar-refractivity contribution in [1.29, 1.82) is 0 Å². The van der Waals surface area contributed by atoms with Gasteiger partial charge in [-0.1, -0.05) is 27.2 Å². The topological polar surface area (TPSA) is 63.8 Å². The quantitative estimate of drug-likeness (QED) is 0.803. The van der Waals surface area contributed by atoms with E-state index < -0.39 is 0 Å². The van der Waals surface area contributed by atoms with Crippen LogP contribution in [0.2, 0.25) is 0 Å². The van der Waals surface area contributed by atoms with Crippen molar-refractivity contribution in [3.63, 3.8) is 0 Å². The maximum Gasteiger partial charge on any atom is 0.134 e. The SMILES string of the molecule is CCc1nc(N)c(C)c(NCC(C)CC)n1. The van der Waals surface area contributed by atoms with Crippen molar-refractivity contribution < 1.29 is 0 Å². The molecule has 1 rings (SSSR count). The van der Waals surface area contributed by atoms with Gasteiger partial charge in [-0.05, 0) is 12.8 Å². The van der Waals surface area contributed by atoms with Gasteiger partial charge in [-0.3, -0.25) is 0 Å². The van der Waals surface area contributed by atoms with E-state index in [1.54, 1.807) is 0 Å². The zero-order chi connectivity index (χ0) is 12.1. The lowest BCUT2D eigenvalue weighted by Gasteiger charge is -2.14. The zero-order valence-electron chi connectivity index (χ0n) is 10.7. The van der Waals surface area contributed by atoms with Crippen LogP contribution in [0.15, 0.2) is 0 Å². The summed E-state index contributed by atoms with van der Waals surface area (Å²) in [5.74, 6) is 2.90. The number of hydrogen-bond acceptors (Lipinski definition) is 4. The molecular formula is C12H22N4. The van der Waals surface area contributed by atoms with Gasteiger partial charge >= 0.3 is 0 Å². The van der Waals surface area contributed by atoms with E-state index in [1.165, 1.54) is 0 Å². The van der Waals surface area contributed by atoms with Crippen LogP contribution < -0.4 is 11.1 Å². The van der Waals surface area contributed by atoms with Gasteiger partial charge < -0.3 is 11.1 Å². The number of nitrogens with one attached hydrogen (secondary N) is 1. The lowest BCUT2D eigenvalue weighted by Crippen LogP contribution is -2.14. The summed E-state index contributed by atoms with van der Waals surface area (Å²) in [6, 6.07) is 0. The van der Waals surface area contributed by atoms with E-state index in [4.69, 9.17) is 5.73 Å². The Morgan fingerprint density at radius 2 is 2.00 bits per heavy atom. The van der Waals surface area contributed by atoms with Crippen LogP contribution >= 0.6 is 0 Å². The van der Waals surface area contributed by atoms with Crippen LogP contribution in [0.25, 0.3) is 0 Å². The Kier molecular flexibility index (Phi) is 4.52. The van der Waals surface area contributed by atoms with E-state index >= 15 is 0 Å². The average molecular weight is 222 g/mol. The summed E-state index contributed by atoms with van der Waals surface area (Å²) in [6.07, 6.45) is 1.97. The highest BCUT2D eigenvalue weighted by Gasteiger charge is 2.08. The Morgan fingerprint density at radius 3 is 2.56 bits per heavy atom. The maximum atomic E-state index is 5.84. The molecular weight excluding hydrogens is 200 g/mol. The van der Waals surface area contributed by atoms with Crippen LogP contribution in [-0.2, 0) is 6.42 Å². The first kappa shape index (κ1) is 12.7. The van der Waals surface area contributed by atoms with Gasteiger partial charge in [0.1, 0.15) is 17.5 Å². The predicted molar refractivity (Wildman–Crippen MR) is 68.5 cm³/mol. The van der Waals surface area contributed by atoms with Crippen LogP contribution in [0.3, 0.4) is 0 Å². The third-order valence-electron chi connectivity index (χ3n) is 2.86. The molecule has 0 spiro atoms. The molecule has 16 heavy (non-hydrogen) atoms. The second kappa shape index (κ2) is 5.68. The molecule has 4 heteroatoms. The Labute approximate surface area is 97.7 Å². The molecule has 0 fully saturated rings. The van der Waals surface area contributed by atoms with Gasteiger partial charge in [-0.25, -0.2) is 9.97 Å². The monoisotopic (exact) mass is 222 g/mol. The minimum Gasteiger partial charge on any atom is -0.383 e. The molecule has 0 saturated heterocycles. The Bertz CT molecular complexity index is 349. The molecule has 0 radical (unpaired) electrons. The van der Waals surface area contributed by atoms with Crippen molar-refractivity contribution in [2.75, 3.05) is 17.6 Å². The summed E-state index contributed by atoms with van der Waals surface area (Å²) >= 11 is 0. The summed E-state index contributed by atoms with van der Waals surface area (Å²) in [4.78, 5) is 8.68. The van der Waals surface area contributed by atoms with E-state index in [9.17, 15) is 0 Å². The molecule has 0 aliphatic rings. The number of nitrogens with two attached hydrogens (primary N) is 1. The van der Waals surface area contributed by atoms with Crippen LogP contribution in [-0.4, -0.2) is 16.5 Å². The third-order valence-corrected chi connectivity index (χ3v) is 2.86. The van der Waals surface area contributed by atoms with E-state index in [1.807, 2.05) is 13.8 Å². The normalized spacial score (nSPS) is 12.5. The molecule has 1 heterocycles. The van der Waals surface area contributed by atoms with Crippen molar-refractivity contribution >= 4 is 11.6 Å². The first-order chi connectivity index (χ1) is 7.58. The molecule has 0 aliphatic carbocycles. The third kappa shape index (κ3) is 3.08. The van der Waals surface area contributed by atoms with Gasteiger partial charge in [-0.15, -0.1) is 0 Å². The molecule has 0 aliphatic heterocycles. The maximum absolute atomic E-state index is 5.84. The second-order valence-corrected chi connectivity index (χ2v) is 4.25. The lowest BCUT2D eigenvalue weighted by molar-refractivity contribution is 0.592. The van der Waals surface area contributed by atoms with Crippen LogP contribution in [0.1, 0.15) is 38.6 Å².